The molecule has 0 aromatic carbocycles. The number of rotatable bonds is 21. The molecule has 0 spiro atoms. The summed E-state index contributed by atoms with van der Waals surface area (Å²) in [6.07, 6.45) is 5.21. The number of nitrogens with one attached hydrogen (secondary N) is 1. The average molecular weight is 488 g/mol. The number of alkyl carbamates (subject to hydrolysis) is 1. The van der Waals surface area contributed by atoms with E-state index in [0.717, 1.165) is 51.9 Å². The van der Waals surface area contributed by atoms with E-state index in [2.05, 4.69) is 35.9 Å². The van der Waals surface area contributed by atoms with Crippen molar-refractivity contribution in [3.05, 3.63) is 0 Å². The Morgan fingerprint density at radius 1 is 0.824 bits per heavy atom. The molecule has 0 rings (SSSR count). The van der Waals surface area contributed by atoms with E-state index in [9.17, 15) is 14.4 Å². The maximum atomic E-state index is 12.1. The van der Waals surface area contributed by atoms with Crippen LogP contribution in [0.3, 0.4) is 0 Å². The number of ether oxygens (including phenoxy) is 3. The smallest absolute Gasteiger partial charge is 0.407 e. The van der Waals surface area contributed by atoms with Crippen molar-refractivity contribution in [2.45, 2.75) is 85.2 Å². The van der Waals surface area contributed by atoms with Gasteiger partial charge in [0.05, 0.1) is 26.6 Å². The Bertz CT molecular complexity index is 543. The largest absolute Gasteiger partial charge is 0.469 e. The number of nitrogens with zero attached hydrogens (tertiary/aromatic N) is 2. The molecule has 0 fully saturated rings. The van der Waals surface area contributed by atoms with Gasteiger partial charge in [0.15, 0.2) is 0 Å². The van der Waals surface area contributed by atoms with Crippen molar-refractivity contribution in [1.29, 1.82) is 0 Å². The molecule has 0 heterocycles. The molecule has 0 aromatic heterocycles. The van der Waals surface area contributed by atoms with E-state index in [0.29, 0.717) is 45.5 Å². The van der Waals surface area contributed by atoms with Crippen LogP contribution in [0, 0.1) is 0 Å². The predicted molar refractivity (Wildman–Crippen MR) is 134 cm³/mol. The van der Waals surface area contributed by atoms with Crippen molar-refractivity contribution < 1.29 is 28.6 Å². The molecule has 9 heteroatoms. The Balaban J connectivity index is 4.11. The highest BCUT2D eigenvalue weighted by Gasteiger charge is 2.13. The van der Waals surface area contributed by atoms with Gasteiger partial charge in [0, 0.05) is 19.6 Å². The van der Waals surface area contributed by atoms with Crippen LogP contribution in [0.1, 0.15) is 79.1 Å². The van der Waals surface area contributed by atoms with Crippen molar-refractivity contribution in [2.24, 2.45) is 0 Å². The van der Waals surface area contributed by atoms with Gasteiger partial charge in [-0.2, -0.15) is 0 Å². The zero-order valence-electron chi connectivity index (χ0n) is 22.2. The summed E-state index contributed by atoms with van der Waals surface area (Å²) in [7, 11) is 1.39. The molecule has 0 saturated heterocycles. The van der Waals surface area contributed by atoms with Crippen LogP contribution in [-0.4, -0.2) is 93.5 Å². The molecule has 0 aromatic rings. The zero-order valence-corrected chi connectivity index (χ0v) is 22.2. The van der Waals surface area contributed by atoms with Gasteiger partial charge in [-0.25, -0.2) is 4.79 Å². The first-order valence-corrected chi connectivity index (χ1v) is 13.0. The van der Waals surface area contributed by atoms with Crippen LogP contribution >= 0.6 is 0 Å². The number of amides is 1. The summed E-state index contributed by atoms with van der Waals surface area (Å²) >= 11 is 0. The molecule has 0 aliphatic rings. The molecule has 1 atom stereocenters. The number of hydrogen-bond acceptors (Lipinski definition) is 8. The standard InChI is InChI=1S/C25H49N3O6/c1-6-13-22(7-2)34-25(31)26-16-10-11-21-33-24(30)15-20-28(19-14-23(29)32-5)18-12-17-27(8-3)9-4/h22H,6-21H2,1-5H3,(H,26,31). The van der Waals surface area contributed by atoms with Gasteiger partial charge in [-0.05, 0) is 58.3 Å². The van der Waals surface area contributed by atoms with Crippen LogP contribution in [0.25, 0.3) is 0 Å². The second kappa shape index (κ2) is 21.6. The molecule has 34 heavy (non-hydrogen) atoms. The van der Waals surface area contributed by atoms with Gasteiger partial charge in [-0.3, -0.25) is 9.59 Å². The first-order chi connectivity index (χ1) is 16.4. The fourth-order valence-electron chi connectivity index (χ4n) is 3.53. The molecule has 1 unspecified atom stereocenters. The minimum atomic E-state index is -0.384. The molecule has 1 amide bonds. The van der Waals surface area contributed by atoms with Crippen LogP contribution in [0.5, 0.6) is 0 Å². The summed E-state index contributed by atoms with van der Waals surface area (Å²) in [4.78, 5) is 39.9. The Hall–Kier alpha value is -1.87. The number of carbonyl (C=O) groups excluding carboxylic acids is 3. The van der Waals surface area contributed by atoms with Crippen molar-refractivity contribution in [3.8, 4) is 0 Å². The number of carbonyl (C=O) groups is 3. The molecule has 0 saturated carbocycles. The lowest BCUT2D eigenvalue weighted by molar-refractivity contribution is -0.144. The highest BCUT2D eigenvalue weighted by molar-refractivity contribution is 5.70. The average Bonchev–Trinajstić information content (AvgIpc) is 2.84. The Morgan fingerprint density at radius 2 is 1.47 bits per heavy atom. The predicted octanol–water partition coefficient (Wildman–Crippen LogP) is 3.60. The van der Waals surface area contributed by atoms with Gasteiger partial charge < -0.3 is 29.3 Å². The van der Waals surface area contributed by atoms with Crippen molar-refractivity contribution in [1.82, 2.24) is 15.1 Å². The molecular weight excluding hydrogens is 438 g/mol. The van der Waals surface area contributed by atoms with Crippen LogP contribution < -0.4 is 5.32 Å². The van der Waals surface area contributed by atoms with E-state index >= 15 is 0 Å². The minimum Gasteiger partial charge on any atom is -0.469 e. The van der Waals surface area contributed by atoms with Gasteiger partial charge in [-0.1, -0.05) is 34.1 Å². The minimum absolute atomic E-state index is 0.0321. The Labute approximate surface area is 206 Å². The molecule has 0 radical (unpaired) electrons. The summed E-state index contributed by atoms with van der Waals surface area (Å²) in [6.45, 7) is 14.1. The maximum Gasteiger partial charge on any atom is 0.407 e. The SMILES string of the molecule is CCCC(CC)OC(=O)NCCCCOC(=O)CCN(CCCN(CC)CC)CCC(=O)OC. The molecule has 1 N–H and O–H groups in total. The van der Waals surface area contributed by atoms with Crippen LogP contribution in [0.4, 0.5) is 4.79 Å². The van der Waals surface area contributed by atoms with Crippen molar-refractivity contribution >= 4 is 18.0 Å². The van der Waals surface area contributed by atoms with E-state index in [1.165, 1.54) is 7.11 Å². The van der Waals surface area contributed by atoms with E-state index in [4.69, 9.17) is 14.2 Å². The maximum absolute atomic E-state index is 12.1. The molecule has 0 aliphatic heterocycles. The highest BCUT2D eigenvalue weighted by atomic mass is 16.6. The number of methoxy groups -OCH3 is 1. The van der Waals surface area contributed by atoms with E-state index in [1.54, 1.807) is 0 Å². The lowest BCUT2D eigenvalue weighted by atomic mass is 10.2. The van der Waals surface area contributed by atoms with E-state index < -0.39 is 0 Å². The molecule has 9 nitrogen and oxygen atoms in total. The van der Waals surface area contributed by atoms with Crippen LogP contribution in [0.15, 0.2) is 0 Å². The number of unbranched alkanes of at least 4 members (excludes halogenated alkanes) is 1. The third-order valence-electron chi connectivity index (χ3n) is 5.78. The topological polar surface area (TPSA) is 97.4 Å². The third kappa shape index (κ3) is 17.6. The quantitative estimate of drug-likeness (QED) is 0.149. The van der Waals surface area contributed by atoms with Crippen molar-refractivity contribution in [2.75, 3.05) is 59.5 Å². The van der Waals surface area contributed by atoms with Gasteiger partial charge >= 0.3 is 18.0 Å². The van der Waals surface area contributed by atoms with Crippen LogP contribution in [-0.2, 0) is 23.8 Å². The summed E-state index contributed by atoms with van der Waals surface area (Å²) in [5.74, 6) is -0.492. The monoisotopic (exact) mass is 487 g/mol. The second-order valence-corrected chi connectivity index (χ2v) is 8.38. The van der Waals surface area contributed by atoms with Gasteiger partial charge in [0.1, 0.15) is 6.10 Å². The first kappa shape index (κ1) is 32.1. The zero-order chi connectivity index (χ0) is 25.6. The Morgan fingerprint density at radius 3 is 2.06 bits per heavy atom. The van der Waals surface area contributed by atoms with Crippen LogP contribution in [0.2, 0.25) is 0 Å². The van der Waals surface area contributed by atoms with E-state index in [1.807, 2.05) is 6.92 Å². The van der Waals surface area contributed by atoms with Gasteiger partial charge in [-0.15, -0.1) is 0 Å². The fourth-order valence-corrected chi connectivity index (χ4v) is 3.53. The molecule has 200 valence electrons. The summed E-state index contributed by atoms with van der Waals surface area (Å²) in [5, 5.41) is 2.75. The van der Waals surface area contributed by atoms with Gasteiger partial charge in [0.25, 0.3) is 0 Å². The lowest BCUT2D eigenvalue weighted by Crippen LogP contribution is -2.33. The summed E-state index contributed by atoms with van der Waals surface area (Å²) in [5.41, 5.74) is 0. The molecule has 0 bridgehead atoms. The van der Waals surface area contributed by atoms with Crippen molar-refractivity contribution in [3.63, 3.8) is 0 Å². The van der Waals surface area contributed by atoms with E-state index in [-0.39, 0.29) is 30.6 Å². The summed E-state index contributed by atoms with van der Waals surface area (Å²) in [6, 6.07) is 0. The van der Waals surface area contributed by atoms with Gasteiger partial charge in [0.2, 0.25) is 0 Å². The molecular formula is C25H49N3O6. The highest BCUT2D eigenvalue weighted by Crippen LogP contribution is 2.06. The summed E-state index contributed by atoms with van der Waals surface area (Å²) < 4.78 is 15.4. The lowest BCUT2D eigenvalue weighted by Gasteiger charge is -2.24. The number of hydrogen-bond donors (Lipinski definition) is 1. The second-order valence-electron chi connectivity index (χ2n) is 8.38. The number of esters is 2. The normalized spacial score (nSPS) is 12.0. The fraction of sp³-hybridized carbons (Fsp3) is 0.880. The third-order valence-corrected chi connectivity index (χ3v) is 5.78. The Kier molecular flexibility index (Phi) is 20.5. The molecule has 0 aliphatic carbocycles. The first-order valence-electron chi connectivity index (χ1n) is 13.0.